The van der Waals surface area contributed by atoms with Crippen molar-refractivity contribution in [1.29, 1.82) is 0 Å². The summed E-state index contributed by atoms with van der Waals surface area (Å²) >= 11 is 0. The zero-order valence-electron chi connectivity index (χ0n) is 24.7. The van der Waals surface area contributed by atoms with E-state index in [9.17, 15) is 0 Å². The van der Waals surface area contributed by atoms with Crippen molar-refractivity contribution in [2.75, 3.05) is 36.5 Å². The monoisotopic (exact) mass is 564 g/mol. The number of H-pyrrole nitrogens is 1. The molecule has 0 bridgehead atoms. The molecule has 2 N–H and O–H groups in total. The smallest absolute Gasteiger partial charge is 0.236 e. The minimum Gasteiger partial charge on any atom is -0.378 e. The molecule has 5 aromatic rings. The van der Waals surface area contributed by atoms with Gasteiger partial charge in [0.15, 0.2) is 5.82 Å². The van der Waals surface area contributed by atoms with Crippen molar-refractivity contribution < 1.29 is 4.74 Å². The highest BCUT2D eigenvalue weighted by atomic mass is 16.5. The number of aryl methyl sites for hydroxylation is 4. The van der Waals surface area contributed by atoms with Crippen molar-refractivity contribution >= 4 is 34.7 Å². The average Bonchev–Trinajstić information content (AvgIpc) is 3.64. The minimum absolute atomic E-state index is 0.0617. The summed E-state index contributed by atoms with van der Waals surface area (Å²) < 4.78 is 7.76. The van der Waals surface area contributed by atoms with Gasteiger partial charge < -0.3 is 15.0 Å². The van der Waals surface area contributed by atoms with Crippen LogP contribution in [0.1, 0.15) is 59.0 Å². The Hall–Kier alpha value is -4.64. The van der Waals surface area contributed by atoms with Gasteiger partial charge in [-0.2, -0.15) is 4.98 Å². The summed E-state index contributed by atoms with van der Waals surface area (Å²) in [5.41, 5.74) is 7.19. The van der Waals surface area contributed by atoms with E-state index in [1.165, 1.54) is 0 Å². The maximum absolute atomic E-state index is 5.68. The van der Waals surface area contributed by atoms with Crippen LogP contribution in [0.15, 0.2) is 36.4 Å². The van der Waals surface area contributed by atoms with Crippen molar-refractivity contribution in [3.8, 4) is 5.95 Å². The van der Waals surface area contributed by atoms with Gasteiger partial charge in [-0.1, -0.05) is 25.1 Å². The topological polar surface area (TPSA) is 123 Å². The number of ether oxygens (including phenoxy) is 1. The number of hydrogen-bond acceptors (Lipinski definition) is 9. The first-order chi connectivity index (χ1) is 20.4. The Kier molecular flexibility index (Phi) is 7.66. The first-order valence-electron chi connectivity index (χ1n) is 14.4. The van der Waals surface area contributed by atoms with Crippen LogP contribution in [-0.2, 0) is 4.74 Å². The molecule has 1 aliphatic heterocycles. The van der Waals surface area contributed by atoms with E-state index >= 15 is 0 Å². The van der Waals surface area contributed by atoms with Crippen LogP contribution >= 0.6 is 0 Å². The van der Waals surface area contributed by atoms with Gasteiger partial charge >= 0.3 is 0 Å². The van der Waals surface area contributed by atoms with Gasteiger partial charge in [-0.05, 0) is 80.5 Å². The van der Waals surface area contributed by atoms with E-state index in [1.807, 2.05) is 19.1 Å². The lowest BCUT2D eigenvalue weighted by Gasteiger charge is -2.32. The standard InChI is InChI=1S/C31H36N10O/c1-6-26(25-18-23-9-7-8-19(2)28(23)34-30(25)40-14-16-42-17-15-40)33-29-24(12-13-27-36-38-39-37-27)22(5)32-31(35-29)41-20(3)10-11-21(41)4/h7-13,18,26H,6,14-17H2,1-5H3,(H,32,33,35)(H,36,37,38,39)/b13-12+. The fourth-order valence-electron chi connectivity index (χ4n) is 5.56. The summed E-state index contributed by atoms with van der Waals surface area (Å²) in [4.78, 5) is 17.6. The molecule has 1 aromatic carbocycles. The summed E-state index contributed by atoms with van der Waals surface area (Å²) in [6.07, 6.45) is 4.62. The van der Waals surface area contributed by atoms with E-state index in [4.69, 9.17) is 19.7 Å². The van der Waals surface area contributed by atoms with E-state index in [0.717, 1.165) is 75.8 Å². The van der Waals surface area contributed by atoms with Crippen LogP contribution in [-0.4, -0.2) is 66.4 Å². The largest absolute Gasteiger partial charge is 0.378 e. The van der Waals surface area contributed by atoms with Gasteiger partial charge in [-0.15, -0.1) is 5.10 Å². The molecule has 0 radical (unpaired) electrons. The molecule has 1 fully saturated rings. The fourth-order valence-corrected chi connectivity index (χ4v) is 5.56. The molecule has 6 rings (SSSR count). The number of nitrogens with one attached hydrogen (secondary N) is 2. The first kappa shape index (κ1) is 27.5. The maximum atomic E-state index is 5.68. The van der Waals surface area contributed by atoms with Crippen LogP contribution in [0.25, 0.3) is 29.0 Å². The molecule has 0 saturated carbocycles. The average molecular weight is 565 g/mol. The SMILES string of the molecule is CCC(Nc1nc(-n2c(C)ccc2C)nc(C)c1/C=C/c1nnn[nH]1)c1cc2cccc(C)c2nc1N1CCOCC1. The predicted molar refractivity (Wildman–Crippen MR) is 165 cm³/mol. The Balaban J connectivity index is 1.48. The molecule has 11 heteroatoms. The number of fused-ring (bicyclic) bond motifs is 1. The number of anilines is 2. The van der Waals surface area contributed by atoms with Gasteiger partial charge in [-0.25, -0.2) is 15.1 Å². The quantitative estimate of drug-likeness (QED) is 0.264. The molecule has 5 heterocycles. The third-order valence-electron chi connectivity index (χ3n) is 7.83. The summed E-state index contributed by atoms with van der Waals surface area (Å²) in [5, 5.41) is 19.1. The Morgan fingerprint density at radius 3 is 2.50 bits per heavy atom. The van der Waals surface area contributed by atoms with Crippen LogP contribution in [0.3, 0.4) is 0 Å². The number of pyridine rings is 1. The van der Waals surface area contributed by atoms with Crippen LogP contribution < -0.4 is 10.2 Å². The van der Waals surface area contributed by atoms with E-state index in [2.05, 4.69) is 99.5 Å². The third-order valence-corrected chi connectivity index (χ3v) is 7.83. The summed E-state index contributed by atoms with van der Waals surface area (Å²) in [7, 11) is 0. The highest BCUT2D eigenvalue weighted by molar-refractivity contribution is 5.85. The molecule has 1 saturated heterocycles. The number of morpholine rings is 1. The highest BCUT2D eigenvalue weighted by Gasteiger charge is 2.24. The number of hydrogen-bond donors (Lipinski definition) is 2. The molecule has 11 nitrogen and oxygen atoms in total. The molecule has 42 heavy (non-hydrogen) atoms. The number of aromatic amines is 1. The lowest BCUT2D eigenvalue weighted by Crippen LogP contribution is -2.38. The molecule has 0 amide bonds. The molecular weight excluding hydrogens is 528 g/mol. The summed E-state index contributed by atoms with van der Waals surface area (Å²) in [6, 6.07) is 12.7. The number of rotatable bonds is 8. The Bertz CT molecular complexity index is 1720. The van der Waals surface area contributed by atoms with Gasteiger partial charge in [0.1, 0.15) is 11.6 Å². The molecule has 216 valence electrons. The second-order valence-electron chi connectivity index (χ2n) is 10.7. The molecule has 4 aromatic heterocycles. The Labute approximate surface area is 245 Å². The zero-order valence-corrected chi connectivity index (χ0v) is 24.7. The summed E-state index contributed by atoms with van der Waals surface area (Å²) in [5.74, 6) is 2.91. The minimum atomic E-state index is -0.0617. The lowest BCUT2D eigenvalue weighted by molar-refractivity contribution is 0.122. The first-order valence-corrected chi connectivity index (χ1v) is 14.4. The van der Waals surface area contributed by atoms with Gasteiger partial charge in [0.2, 0.25) is 5.95 Å². The highest BCUT2D eigenvalue weighted by Crippen LogP contribution is 2.35. The number of benzene rings is 1. The van der Waals surface area contributed by atoms with Crippen molar-refractivity contribution in [2.24, 2.45) is 0 Å². The predicted octanol–water partition coefficient (Wildman–Crippen LogP) is 5.13. The zero-order chi connectivity index (χ0) is 29.2. The number of aromatic nitrogens is 8. The second kappa shape index (κ2) is 11.7. The van der Waals surface area contributed by atoms with E-state index in [0.29, 0.717) is 25.0 Å². The number of nitrogens with zero attached hydrogens (tertiary/aromatic N) is 8. The third kappa shape index (κ3) is 5.35. The summed E-state index contributed by atoms with van der Waals surface area (Å²) in [6.45, 7) is 13.4. The van der Waals surface area contributed by atoms with Gasteiger partial charge in [0.05, 0.1) is 30.5 Å². The van der Waals surface area contributed by atoms with Gasteiger partial charge in [0.25, 0.3) is 0 Å². The van der Waals surface area contributed by atoms with Gasteiger partial charge in [-0.3, -0.25) is 4.57 Å². The molecule has 0 spiro atoms. The molecule has 1 unspecified atom stereocenters. The van der Waals surface area contributed by atoms with E-state index in [1.54, 1.807) is 0 Å². The van der Waals surface area contributed by atoms with E-state index < -0.39 is 0 Å². The van der Waals surface area contributed by atoms with Crippen LogP contribution in [0.4, 0.5) is 11.6 Å². The van der Waals surface area contributed by atoms with Gasteiger partial charge in [0, 0.05) is 41.0 Å². The molecule has 0 aliphatic carbocycles. The van der Waals surface area contributed by atoms with Crippen molar-refractivity contribution in [3.63, 3.8) is 0 Å². The Morgan fingerprint density at radius 2 is 1.79 bits per heavy atom. The molecule has 1 atom stereocenters. The number of para-hydroxylation sites is 1. The second-order valence-corrected chi connectivity index (χ2v) is 10.7. The van der Waals surface area contributed by atoms with Crippen LogP contribution in [0.5, 0.6) is 0 Å². The van der Waals surface area contributed by atoms with Crippen LogP contribution in [0.2, 0.25) is 0 Å². The fraction of sp³-hybridized carbons (Fsp3) is 0.355. The molecular formula is C31H36N10O. The Morgan fingerprint density at radius 1 is 1.00 bits per heavy atom. The molecule has 1 aliphatic rings. The van der Waals surface area contributed by atoms with Crippen molar-refractivity contribution in [2.45, 2.75) is 47.1 Å². The van der Waals surface area contributed by atoms with Crippen molar-refractivity contribution in [1.82, 2.24) is 40.1 Å². The maximum Gasteiger partial charge on any atom is 0.236 e. The van der Waals surface area contributed by atoms with E-state index in [-0.39, 0.29) is 6.04 Å². The van der Waals surface area contributed by atoms with Crippen LogP contribution in [0, 0.1) is 27.7 Å². The number of tetrazole rings is 1. The van der Waals surface area contributed by atoms with Crippen molar-refractivity contribution in [3.05, 3.63) is 76.0 Å². The normalized spacial score (nSPS) is 14.6. The lowest BCUT2D eigenvalue weighted by atomic mass is 10.00.